The van der Waals surface area contributed by atoms with Crippen LogP contribution in [0.4, 0.5) is 0 Å². The lowest BCUT2D eigenvalue weighted by molar-refractivity contribution is 0.715. The Morgan fingerprint density at radius 3 is 3.17 bits per heavy atom. The van der Waals surface area contributed by atoms with E-state index in [2.05, 4.69) is 17.2 Å². The molecule has 64 valence electrons. The summed E-state index contributed by atoms with van der Waals surface area (Å²) in [6.07, 6.45) is 3.03. The monoisotopic (exact) mass is 180 g/mol. The number of hydrogen-bond donors (Lipinski definition) is 1. The van der Waals surface area contributed by atoms with Crippen LogP contribution in [0.15, 0.2) is 17.2 Å². The third-order valence-corrected chi connectivity index (χ3v) is 3.02. The second kappa shape index (κ2) is 3.37. The molecule has 1 aromatic rings. The van der Waals surface area contributed by atoms with Crippen LogP contribution in [0.3, 0.4) is 0 Å². The van der Waals surface area contributed by atoms with Crippen molar-refractivity contribution in [2.24, 2.45) is 0 Å². The summed E-state index contributed by atoms with van der Waals surface area (Å²) in [6.45, 7) is 4.30. The van der Waals surface area contributed by atoms with Gasteiger partial charge in [-0.3, -0.25) is 0 Å². The van der Waals surface area contributed by atoms with Gasteiger partial charge in [0.05, 0.1) is 0 Å². The molecule has 0 atom stereocenters. The van der Waals surface area contributed by atoms with Crippen molar-refractivity contribution in [2.45, 2.75) is 13.3 Å². The molecule has 0 aromatic carbocycles. The Bertz CT molecular complexity index is 287. The fraction of sp³-hybridized carbons (Fsp3) is 0.444. The van der Waals surface area contributed by atoms with Gasteiger partial charge in [-0.15, -0.1) is 11.3 Å². The third kappa shape index (κ3) is 1.42. The molecule has 0 aliphatic carbocycles. The molecule has 1 aliphatic heterocycles. The van der Waals surface area contributed by atoms with Crippen LogP contribution in [0.25, 0.3) is 5.57 Å². The van der Waals surface area contributed by atoms with Crippen molar-refractivity contribution in [1.29, 1.82) is 0 Å². The van der Waals surface area contributed by atoms with Crippen molar-refractivity contribution < 1.29 is 0 Å². The number of nitrogens with one attached hydrogen (secondary N) is 1. The number of aromatic nitrogens is 1. The van der Waals surface area contributed by atoms with E-state index >= 15 is 0 Å². The van der Waals surface area contributed by atoms with Gasteiger partial charge in [-0.25, -0.2) is 4.98 Å². The minimum absolute atomic E-state index is 0.985. The normalized spacial score (nSPS) is 18.4. The summed E-state index contributed by atoms with van der Waals surface area (Å²) in [5.41, 5.74) is 2.89. The van der Waals surface area contributed by atoms with Crippen LogP contribution >= 0.6 is 11.3 Å². The zero-order chi connectivity index (χ0) is 8.39. The largest absolute Gasteiger partial charge is 0.312 e. The van der Waals surface area contributed by atoms with Gasteiger partial charge in [0.1, 0.15) is 5.01 Å². The zero-order valence-electron chi connectivity index (χ0n) is 7.13. The lowest BCUT2D eigenvalue weighted by Gasteiger charge is -2.16. The molecule has 0 saturated heterocycles. The Morgan fingerprint density at radius 2 is 2.50 bits per heavy atom. The molecule has 0 saturated carbocycles. The van der Waals surface area contributed by atoms with E-state index in [0.717, 1.165) is 19.5 Å². The molecule has 1 N–H and O–H groups in total. The number of hydrogen-bond acceptors (Lipinski definition) is 3. The van der Waals surface area contributed by atoms with Crippen LogP contribution in [0.1, 0.15) is 18.4 Å². The predicted octanol–water partition coefficient (Wildman–Crippen LogP) is 1.91. The zero-order valence-corrected chi connectivity index (χ0v) is 7.95. The summed E-state index contributed by atoms with van der Waals surface area (Å²) in [7, 11) is 0. The summed E-state index contributed by atoms with van der Waals surface area (Å²) in [4.78, 5) is 4.31. The van der Waals surface area contributed by atoms with Crippen LogP contribution in [-0.4, -0.2) is 18.1 Å². The first kappa shape index (κ1) is 7.95. The van der Waals surface area contributed by atoms with Crippen LogP contribution in [-0.2, 0) is 0 Å². The highest BCUT2D eigenvalue weighted by Gasteiger charge is 2.11. The fourth-order valence-corrected chi connectivity index (χ4v) is 2.18. The summed E-state index contributed by atoms with van der Waals surface area (Å²) in [5, 5.41) is 6.57. The topological polar surface area (TPSA) is 24.9 Å². The van der Waals surface area contributed by atoms with E-state index in [1.54, 1.807) is 11.3 Å². The molecule has 2 rings (SSSR count). The van der Waals surface area contributed by atoms with E-state index in [-0.39, 0.29) is 0 Å². The van der Waals surface area contributed by atoms with Crippen LogP contribution in [0.2, 0.25) is 0 Å². The number of rotatable bonds is 1. The lowest BCUT2D eigenvalue weighted by atomic mass is 10.0. The fourth-order valence-electron chi connectivity index (χ4n) is 1.42. The molecule has 2 nitrogen and oxygen atoms in total. The minimum Gasteiger partial charge on any atom is -0.312 e. The van der Waals surface area contributed by atoms with E-state index in [9.17, 15) is 0 Å². The lowest BCUT2D eigenvalue weighted by Crippen LogP contribution is -2.23. The van der Waals surface area contributed by atoms with Gasteiger partial charge in [-0.1, -0.05) is 5.57 Å². The van der Waals surface area contributed by atoms with E-state index < -0.39 is 0 Å². The van der Waals surface area contributed by atoms with Crippen LogP contribution in [0.5, 0.6) is 0 Å². The van der Waals surface area contributed by atoms with E-state index in [4.69, 9.17) is 0 Å². The molecule has 1 aromatic heterocycles. The average Bonchev–Trinajstić information content (AvgIpc) is 2.57. The highest BCUT2D eigenvalue weighted by atomic mass is 32.1. The molecular formula is C9H12N2S. The van der Waals surface area contributed by atoms with Gasteiger partial charge in [-0.2, -0.15) is 0 Å². The second-order valence-corrected chi connectivity index (χ2v) is 3.92. The minimum atomic E-state index is 0.985. The van der Waals surface area contributed by atoms with Crippen molar-refractivity contribution in [3.05, 3.63) is 22.2 Å². The van der Waals surface area contributed by atoms with Crippen LogP contribution < -0.4 is 5.32 Å². The van der Waals surface area contributed by atoms with Gasteiger partial charge in [0.25, 0.3) is 0 Å². The van der Waals surface area contributed by atoms with E-state index in [1.807, 2.05) is 11.6 Å². The maximum Gasteiger partial charge on any atom is 0.120 e. The summed E-state index contributed by atoms with van der Waals surface area (Å²) in [5.74, 6) is 0. The van der Waals surface area contributed by atoms with Crippen molar-refractivity contribution in [3.63, 3.8) is 0 Å². The predicted molar refractivity (Wildman–Crippen MR) is 52.2 cm³/mol. The summed E-state index contributed by atoms with van der Waals surface area (Å²) < 4.78 is 0. The SMILES string of the molecule is CC1=C(c2nccs2)CNCC1. The summed E-state index contributed by atoms with van der Waals surface area (Å²) in [6, 6.07) is 0. The molecular weight excluding hydrogens is 168 g/mol. The van der Waals surface area contributed by atoms with Gasteiger partial charge < -0.3 is 5.32 Å². The van der Waals surface area contributed by atoms with Crippen LogP contribution in [0, 0.1) is 0 Å². The Balaban J connectivity index is 2.33. The highest BCUT2D eigenvalue weighted by molar-refractivity contribution is 7.10. The maximum atomic E-state index is 4.31. The van der Waals surface area contributed by atoms with Crippen molar-refractivity contribution >= 4 is 16.9 Å². The first-order valence-electron chi connectivity index (χ1n) is 4.17. The standard InChI is InChI=1S/C9H12N2S/c1-7-2-3-10-6-8(7)9-11-4-5-12-9/h4-5,10H,2-3,6H2,1H3. The number of thiazole rings is 1. The Kier molecular flexibility index (Phi) is 2.23. The molecule has 0 unspecified atom stereocenters. The molecule has 0 bridgehead atoms. The van der Waals surface area contributed by atoms with Crippen molar-refractivity contribution in [1.82, 2.24) is 10.3 Å². The Hall–Kier alpha value is -0.670. The van der Waals surface area contributed by atoms with Crippen molar-refractivity contribution in [3.8, 4) is 0 Å². The van der Waals surface area contributed by atoms with Crippen molar-refractivity contribution in [2.75, 3.05) is 13.1 Å². The Morgan fingerprint density at radius 1 is 1.58 bits per heavy atom. The summed E-state index contributed by atoms with van der Waals surface area (Å²) >= 11 is 1.72. The maximum absolute atomic E-state index is 4.31. The Labute approximate surface area is 76.3 Å². The average molecular weight is 180 g/mol. The first-order chi connectivity index (χ1) is 5.88. The smallest absolute Gasteiger partial charge is 0.120 e. The molecule has 0 fully saturated rings. The third-order valence-electron chi connectivity index (χ3n) is 2.18. The van der Waals surface area contributed by atoms with Gasteiger partial charge in [-0.05, 0) is 19.9 Å². The van der Waals surface area contributed by atoms with Gasteiger partial charge in [0.2, 0.25) is 0 Å². The molecule has 2 heterocycles. The molecule has 0 amide bonds. The van der Waals surface area contributed by atoms with Gasteiger partial charge >= 0.3 is 0 Å². The highest BCUT2D eigenvalue weighted by Crippen LogP contribution is 2.23. The van der Waals surface area contributed by atoms with Gasteiger partial charge in [0, 0.05) is 23.7 Å². The number of nitrogens with zero attached hydrogens (tertiary/aromatic N) is 1. The second-order valence-electron chi connectivity index (χ2n) is 3.02. The van der Waals surface area contributed by atoms with E-state index in [0.29, 0.717) is 0 Å². The van der Waals surface area contributed by atoms with Gasteiger partial charge in [0.15, 0.2) is 0 Å². The van der Waals surface area contributed by atoms with E-state index in [1.165, 1.54) is 16.2 Å². The first-order valence-corrected chi connectivity index (χ1v) is 5.05. The molecule has 12 heavy (non-hydrogen) atoms. The quantitative estimate of drug-likeness (QED) is 0.714. The molecule has 1 aliphatic rings. The molecule has 0 radical (unpaired) electrons. The molecule has 3 heteroatoms. The molecule has 0 spiro atoms.